The van der Waals surface area contributed by atoms with Crippen molar-refractivity contribution in [1.82, 2.24) is 0 Å². The minimum absolute atomic E-state index is 0. The number of hydrogen-bond donors (Lipinski definition) is 0. The first-order chi connectivity index (χ1) is 10.4. The zero-order chi connectivity index (χ0) is 14.3. The standard InChI is InChI=1S/C19H20N2.2CH3.Pd/c1-3-10-18(11-4-1)20-14-16-8-7-9-17(16)15-21-19-12-5-2-6-13-19;;;/h1-6,10-17H,7-9H2;2*1H3;/q;2*-1;+2. The molecular formula is C21H26N2Pd. The normalized spacial score (nSPS) is 19.5. The van der Waals surface area contributed by atoms with Crippen LogP contribution >= 0.6 is 0 Å². The molecule has 0 heterocycles. The van der Waals surface area contributed by atoms with Gasteiger partial charge in [-0.25, -0.2) is 0 Å². The van der Waals surface area contributed by atoms with E-state index in [2.05, 4.69) is 22.4 Å². The van der Waals surface area contributed by atoms with Crippen LogP contribution in [0.3, 0.4) is 0 Å². The second kappa shape index (κ2) is 11.9. The average molecular weight is 413 g/mol. The molecule has 2 unspecified atom stereocenters. The molecule has 1 aliphatic carbocycles. The van der Waals surface area contributed by atoms with E-state index < -0.39 is 0 Å². The molecule has 24 heavy (non-hydrogen) atoms. The van der Waals surface area contributed by atoms with Gasteiger partial charge in [-0.2, -0.15) is 0 Å². The van der Waals surface area contributed by atoms with Crippen molar-refractivity contribution in [2.24, 2.45) is 21.8 Å². The molecule has 2 nitrogen and oxygen atoms in total. The molecular weight excluding hydrogens is 387 g/mol. The van der Waals surface area contributed by atoms with Crippen molar-refractivity contribution in [2.45, 2.75) is 19.3 Å². The molecule has 2 aromatic rings. The van der Waals surface area contributed by atoms with Gasteiger partial charge in [0.2, 0.25) is 0 Å². The van der Waals surface area contributed by atoms with Crippen LogP contribution in [0.25, 0.3) is 0 Å². The predicted molar refractivity (Wildman–Crippen MR) is 103 cm³/mol. The van der Waals surface area contributed by atoms with Gasteiger partial charge in [-0.3, -0.25) is 9.98 Å². The third-order valence-electron chi connectivity index (χ3n) is 3.97. The molecule has 0 spiro atoms. The van der Waals surface area contributed by atoms with Gasteiger partial charge in [0.1, 0.15) is 0 Å². The second-order valence-electron chi connectivity index (χ2n) is 5.49. The fraction of sp³-hybridized carbons (Fsp3) is 0.238. The molecule has 0 amide bonds. The summed E-state index contributed by atoms with van der Waals surface area (Å²) in [6, 6.07) is 20.3. The molecule has 3 rings (SSSR count). The maximum atomic E-state index is 4.61. The van der Waals surface area contributed by atoms with E-state index in [0.717, 1.165) is 11.4 Å². The summed E-state index contributed by atoms with van der Waals surface area (Å²) in [4.78, 5) is 9.21. The van der Waals surface area contributed by atoms with Crippen molar-refractivity contribution in [2.75, 3.05) is 0 Å². The van der Waals surface area contributed by atoms with Crippen molar-refractivity contribution in [3.05, 3.63) is 75.5 Å². The smallest absolute Gasteiger partial charge is 0.358 e. The first kappa shape index (κ1) is 22.4. The molecule has 0 aliphatic heterocycles. The minimum Gasteiger partial charge on any atom is -0.358 e. The van der Waals surface area contributed by atoms with Gasteiger partial charge in [-0.15, -0.1) is 0 Å². The summed E-state index contributed by atoms with van der Waals surface area (Å²) in [5.74, 6) is 1.02. The van der Waals surface area contributed by atoms with E-state index in [9.17, 15) is 0 Å². The Balaban J connectivity index is 0.00000176. The Morgan fingerprint density at radius 3 is 1.42 bits per heavy atom. The zero-order valence-corrected chi connectivity index (χ0v) is 16.0. The van der Waals surface area contributed by atoms with Crippen LogP contribution < -0.4 is 0 Å². The minimum atomic E-state index is 0. The molecule has 1 fully saturated rings. The molecule has 0 radical (unpaired) electrons. The summed E-state index contributed by atoms with van der Waals surface area (Å²) in [5, 5.41) is 0. The molecule has 2 atom stereocenters. The van der Waals surface area contributed by atoms with Crippen molar-refractivity contribution in [3.8, 4) is 0 Å². The molecule has 3 heteroatoms. The van der Waals surface area contributed by atoms with Gasteiger partial charge in [0.05, 0.1) is 11.4 Å². The van der Waals surface area contributed by atoms with Gasteiger partial charge in [0.15, 0.2) is 0 Å². The maximum Gasteiger partial charge on any atom is 2.00 e. The first-order valence-electron chi connectivity index (χ1n) is 7.60. The molecule has 0 N–H and O–H groups in total. The van der Waals surface area contributed by atoms with Crippen molar-refractivity contribution >= 4 is 23.8 Å². The van der Waals surface area contributed by atoms with Crippen LogP contribution in [0.2, 0.25) is 0 Å². The van der Waals surface area contributed by atoms with Crippen molar-refractivity contribution in [3.63, 3.8) is 0 Å². The van der Waals surface area contributed by atoms with E-state index in [4.69, 9.17) is 0 Å². The second-order valence-corrected chi connectivity index (χ2v) is 5.49. The Labute approximate surface area is 160 Å². The Hall–Kier alpha value is -1.56. The van der Waals surface area contributed by atoms with E-state index in [1.165, 1.54) is 19.3 Å². The van der Waals surface area contributed by atoms with E-state index in [0.29, 0.717) is 11.8 Å². The van der Waals surface area contributed by atoms with Crippen molar-refractivity contribution < 1.29 is 20.4 Å². The van der Waals surface area contributed by atoms with E-state index in [1.54, 1.807) is 0 Å². The molecule has 0 bridgehead atoms. The molecule has 1 saturated carbocycles. The third-order valence-corrected chi connectivity index (χ3v) is 3.97. The quantitative estimate of drug-likeness (QED) is 0.329. The van der Waals surface area contributed by atoms with Crippen LogP contribution in [-0.2, 0) is 20.4 Å². The van der Waals surface area contributed by atoms with Gasteiger partial charge in [-0.1, -0.05) is 42.8 Å². The summed E-state index contributed by atoms with van der Waals surface area (Å²) in [6.07, 6.45) is 7.91. The summed E-state index contributed by atoms with van der Waals surface area (Å²) < 4.78 is 0. The Bertz CT molecular complexity index is 553. The molecule has 0 aromatic heterocycles. The fourth-order valence-electron chi connectivity index (χ4n) is 2.78. The molecule has 0 saturated heterocycles. The molecule has 1 aliphatic rings. The maximum absolute atomic E-state index is 4.61. The van der Waals surface area contributed by atoms with E-state index in [-0.39, 0.29) is 35.3 Å². The number of para-hydroxylation sites is 2. The van der Waals surface area contributed by atoms with Crippen LogP contribution in [0.15, 0.2) is 70.6 Å². The number of benzene rings is 2. The van der Waals surface area contributed by atoms with Gasteiger partial charge in [-0.05, 0) is 37.1 Å². The molecule has 2 aromatic carbocycles. The number of rotatable bonds is 4. The largest absolute Gasteiger partial charge is 2.00 e. The summed E-state index contributed by atoms with van der Waals surface area (Å²) in [6.45, 7) is 0. The predicted octanol–water partition coefficient (Wildman–Crippen LogP) is 6.11. The van der Waals surface area contributed by atoms with Gasteiger partial charge < -0.3 is 14.9 Å². The summed E-state index contributed by atoms with van der Waals surface area (Å²) in [5.41, 5.74) is 2.06. The Morgan fingerprint density at radius 1 is 0.667 bits per heavy atom. The van der Waals surface area contributed by atoms with E-state index >= 15 is 0 Å². The van der Waals surface area contributed by atoms with E-state index in [1.807, 2.05) is 60.7 Å². The van der Waals surface area contributed by atoms with Gasteiger partial charge in [0.25, 0.3) is 0 Å². The third kappa shape index (κ3) is 6.51. The average Bonchev–Trinajstić information content (AvgIpc) is 3.00. The SMILES string of the molecule is C(=Nc1ccccc1)C1CCCC1C=Nc1ccccc1.[CH3-].[CH3-].[Pd+2]. The van der Waals surface area contributed by atoms with Crippen LogP contribution in [0.1, 0.15) is 19.3 Å². The van der Waals surface area contributed by atoms with Crippen LogP contribution in [0, 0.1) is 26.7 Å². The fourth-order valence-corrected chi connectivity index (χ4v) is 2.78. The number of hydrogen-bond acceptors (Lipinski definition) is 2. The van der Waals surface area contributed by atoms with Crippen LogP contribution in [0.5, 0.6) is 0 Å². The summed E-state index contributed by atoms with van der Waals surface area (Å²) >= 11 is 0. The Kier molecular flexibility index (Phi) is 11.1. The monoisotopic (exact) mass is 412 g/mol. The van der Waals surface area contributed by atoms with Crippen LogP contribution in [-0.4, -0.2) is 12.4 Å². The van der Waals surface area contributed by atoms with Gasteiger partial charge in [0, 0.05) is 24.3 Å². The first-order valence-corrected chi connectivity index (χ1v) is 7.60. The van der Waals surface area contributed by atoms with Crippen LogP contribution in [0.4, 0.5) is 11.4 Å². The molecule has 130 valence electrons. The number of aliphatic imine (C=N–C) groups is 2. The Morgan fingerprint density at radius 2 is 1.04 bits per heavy atom. The van der Waals surface area contributed by atoms with Crippen molar-refractivity contribution in [1.29, 1.82) is 0 Å². The zero-order valence-electron chi connectivity index (χ0n) is 14.4. The van der Waals surface area contributed by atoms with Gasteiger partial charge >= 0.3 is 20.4 Å². The summed E-state index contributed by atoms with van der Waals surface area (Å²) in [7, 11) is 0. The number of nitrogens with zero attached hydrogens (tertiary/aromatic N) is 2. The topological polar surface area (TPSA) is 24.7 Å².